The number of cyclic esters (lactones) is 1. The van der Waals surface area contributed by atoms with E-state index in [9.17, 15) is 25.2 Å². The van der Waals surface area contributed by atoms with Crippen molar-refractivity contribution in [3.63, 3.8) is 0 Å². The molecule has 4 N–H and O–H groups in total. The molecule has 0 spiro atoms. The van der Waals surface area contributed by atoms with E-state index in [1.54, 1.807) is 30.4 Å². The van der Waals surface area contributed by atoms with Gasteiger partial charge in [-0.25, -0.2) is 4.79 Å². The van der Waals surface area contributed by atoms with Gasteiger partial charge in [0.2, 0.25) is 0 Å². The van der Waals surface area contributed by atoms with Gasteiger partial charge < -0.3 is 25.2 Å². The van der Waals surface area contributed by atoms with Crippen molar-refractivity contribution < 1.29 is 30.0 Å². The molecule has 0 amide bonds. The second kappa shape index (κ2) is 17.5. The van der Waals surface area contributed by atoms with Crippen molar-refractivity contribution in [3.8, 4) is 0 Å². The molecular formula is C31H50O6. The fourth-order valence-electron chi connectivity index (χ4n) is 4.90. The Morgan fingerprint density at radius 1 is 1.03 bits per heavy atom. The predicted molar refractivity (Wildman–Crippen MR) is 150 cm³/mol. The van der Waals surface area contributed by atoms with Crippen LogP contribution in [0.15, 0.2) is 61.3 Å². The topological polar surface area (TPSA) is 107 Å². The van der Waals surface area contributed by atoms with E-state index in [2.05, 4.69) is 13.5 Å². The van der Waals surface area contributed by atoms with Crippen molar-refractivity contribution >= 4 is 5.97 Å². The van der Waals surface area contributed by atoms with E-state index in [0.717, 1.165) is 12.8 Å². The molecule has 0 aromatic rings. The van der Waals surface area contributed by atoms with Crippen LogP contribution in [0.25, 0.3) is 0 Å². The number of aliphatic hydroxyl groups excluding tert-OH is 4. The van der Waals surface area contributed by atoms with Gasteiger partial charge in [0.25, 0.3) is 0 Å². The van der Waals surface area contributed by atoms with Gasteiger partial charge >= 0.3 is 5.97 Å². The zero-order chi connectivity index (χ0) is 28.0. The molecule has 10 atom stereocenters. The van der Waals surface area contributed by atoms with E-state index >= 15 is 0 Å². The molecule has 1 rings (SSSR count). The molecule has 6 nitrogen and oxygen atoms in total. The van der Waals surface area contributed by atoms with Gasteiger partial charge in [0, 0.05) is 30.3 Å². The summed E-state index contributed by atoms with van der Waals surface area (Å²) in [7, 11) is 0. The second-order valence-electron chi connectivity index (χ2n) is 10.9. The van der Waals surface area contributed by atoms with Crippen LogP contribution < -0.4 is 0 Å². The fraction of sp³-hybridized carbons (Fsp3) is 0.645. The highest BCUT2D eigenvalue weighted by Gasteiger charge is 2.31. The summed E-state index contributed by atoms with van der Waals surface area (Å²) in [4.78, 5) is 12.5. The van der Waals surface area contributed by atoms with Gasteiger partial charge in [-0.1, -0.05) is 89.8 Å². The highest BCUT2D eigenvalue weighted by Crippen LogP contribution is 2.28. The van der Waals surface area contributed by atoms with Crippen LogP contribution in [0.4, 0.5) is 0 Å². The molecule has 37 heavy (non-hydrogen) atoms. The lowest BCUT2D eigenvalue weighted by Crippen LogP contribution is -2.37. The fourth-order valence-corrected chi connectivity index (χ4v) is 4.90. The van der Waals surface area contributed by atoms with Crippen LogP contribution >= 0.6 is 0 Å². The molecule has 1 unspecified atom stereocenters. The minimum atomic E-state index is -0.812. The minimum Gasteiger partial charge on any atom is -0.458 e. The number of carbonyl (C=O) groups excluding carboxylic acids is 1. The largest absolute Gasteiger partial charge is 0.458 e. The highest BCUT2D eigenvalue weighted by molar-refractivity contribution is 5.82. The highest BCUT2D eigenvalue weighted by atomic mass is 16.5. The maximum atomic E-state index is 12.5. The quantitative estimate of drug-likeness (QED) is 0.241. The summed E-state index contributed by atoms with van der Waals surface area (Å²) in [6, 6.07) is 0. The zero-order valence-corrected chi connectivity index (χ0v) is 23.3. The number of allylic oxidation sites excluding steroid dienone is 4. The van der Waals surface area contributed by atoms with Crippen molar-refractivity contribution in [2.24, 2.45) is 29.6 Å². The number of esters is 1. The maximum Gasteiger partial charge on any atom is 0.331 e. The monoisotopic (exact) mass is 518 g/mol. The summed E-state index contributed by atoms with van der Waals surface area (Å²) < 4.78 is 5.78. The van der Waals surface area contributed by atoms with Crippen molar-refractivity contribution in [3.05, 3.63) is 61.3 Å². The first-order chi connectivity index (χ1) is 17.5. The van der Waals surface area contributed by atoms with Gasteiger partial charge in [-0.3, -0.25) is 0 Å². The van der Waals surface area contributed by atoms with E-state index in [4.69, 9.17) is 4.74 Å². The molecule has 0 aliphatic carbocycles. The van der Waals surface area contributed by atoms with Gasteiger partial charge in [0.1, 0.15) is 6.10 Å². The third-order valence-electron chi connectivity index (χ3n) is 7.34. The first-order valence-corrected chi connectivity index (χ1v) is 13.7. The molecule has 0 bridgehead atoms. The molecule has 1 aliphatic rings. The van der Waals surface area contributed by atoms with E-state index in [1.807, 2.05) is 45.9 Å². The number of carbonyl (C=O) groups is 1. The van der Waals surface area contributed by atoms with E-state index < -0.39 is 36.5 Å². The lowest BCUT2D eigenvalue weighted by atomic mass is 9.82. The SMILES string of the molecule is C=C/C=C\[C@H](C)C1OC(=O)/C=C\C=C\C[C@@H](O)C[C@H](O)/C=C\[C@H](C)[C@H](O)[C@@H](C)C[C@@H](C)CC[C@@H](O)[C@@H]1C. The number of hydrogen-bond donors (Lipinski definition) is 4. The van der Waals surface area contributed by atoms with Crippen LogP contribution in [0.2, 0.25) is 0 Å². The normalized spacial score (nSPS) is 39.5. The smallest absolute Gasteiger partial charge is 0.331 e. The summed E-state index contributed by atoms with van der Waals surface area (Å²) in [6.45, 7) is 13.6. The first-order valence-electron chi connectivity index (χ1n) is 13.7. The Morgan fingerprint density at radius 3 is 2.41 bits per heavy atom. The average molecular weight is 519 g/mol. The predicted octanol–water partition coefficient (Wildman–Crippen LogP) is 4.90. The van der Waals surface area contributed by atoms with Gasteiger partial charge in [-0.05, 0) is 37.5 Å². The van der Waals surface area contributed by atoms with Crippen molar-refractivity contribution in [1.29, 1.82) is 0 Å². The van der Waals surface area contributed by atoms with E-state index in [1.165, 1.54) is 6.08 Å². The number of aliphatic hydroxyl groups is 4. The minimum absolute atomic E-state index is 0.0412. The molecule has 1 aliphatic heterocycles. The molecule has 0 aromatic heterocycles. The molecule has 0 radical (unpaired) electrons. The molecule has 1 heterocycles. The molecule has 0 saturated heterocycles. The average Bonchev–Trinajstić information content (AvgIpc) is 2.85. The number of rotatable bonds is 3. The van der Waals surface area contributed by atoms with Crippen molar-refractivity contribution in [1.82, 2.24) is 0 Å². The Bertz CT molecular complexity index is 785. The van der Waals surface area contributed by atoms with Crippen LogP contribution in [-0.4, -0.2) is 56.9 Å². The van der Waals surface area contributed by atoms with Crippen LogP contribution in [0, 0.1) is 29.6 Å². The Balaban J connectivity index is 3.10. The van der Waals surface area contributed by atoms with Crippen LogP contribution in [0.3, 0.4) is 0 Å². The van der Waals surface area contributed by atoms with Crippen LogP contribution in [0.1, 0.15) is 66.7 Å². The number of hydrogen-bond acceptors (Lipinski definition) is 6. The van der Waals surface area contributed by atoms with Gasteiger partial charge in [0.05, 0.1) is 24.4 Å². The van der Waals surface area contributed by atoms with Crippen LogP contribution in [0.5, 0.6) is 0 Å². The van der Waals surface area contributed by atoms with Gasteiger partial charge in [0.15, 0.2) is 0 Å². The number of ether oxygens (including phenoxy) is 1. The lowest BCUT2D eigenvalue weighted by molar-refractivity contribution is -0.150. The Labute approximate surface area is 224 Å². The van der Waals surface area contributed by atoms with Crippen molar-refractivity contribution in [2.45, 2.75) is 97.2 Å². The Morgan fingerprint density at radius 2 is 1.73 bits per heavy atom. The maximum absolute atomic E-state index is 12.5. The Hall–Kier alpha value is -1.99. The molecule has 0 fully saturated rings. The van der Waals surface area contributed by atoms with Crippen LogP contribution in [-0.2, 0) is 9.53 Å². The van der Waals surface area contributed by atoms with E-state index in [0.29, 0.717) is 12.8 Å². The lowest BCUT2D eigenvalue weighted by Gasteiger charge is -2.31. The Kier molecular flexibility index (Phi) is 15.6. The molecule has 0 saturated carbocycles. The summed E-state index contributed by atoms with van der Waals surface area (Å²) in [5.74, 6) is -0.708. The molecular weight excluding hydrogens is 468 g/mol. The van der Waals surface area contributed by atoms with Gasteiger partial charge in [-0.15, -0.1) is 0 Å². The third-order valence-corrected chi connectivity index (χ3v) is 7.34. The van der Waals surface area contributed by atoms with E-state index in [-0.39, 0.29) is 36.0 Å². The summed E-state index contributed by atoms with van der Waals surface area (Å²) in [5, 5.41) is 42.2. The molecule has 6 heteroatoms. The third kappa shape index (κ3) is 12.9. The second-order valence-corrected chi connectivity index (χ2v) is 10.9. The summed E-state index contributed by atoms with van der Waals surface area (Å²) >= 11 is 0. The van der Waals surface area contributed by atoms with Gasteiger partial charge in [-0.2, -0.15) is 0 Å². The summed E-state index contributed by atoms with van der Waals surface area (Å²) in [6.07, 6.45) is 14.5. The summed E-state index contributed by atoms with van der Waals surface area (Å²) in [5.41, 5.74) is 0. The standard InChI is InChI=1S/C31H50O6/c1-7-8-12-23(4)31-25(6)28(34)18-15-21(2)19-24(5)30(36)22(3)16-17-27(33)20-26(32)13-10-9-11-14-29(35)37-31/h7-12,14,16-17,21-28,30-34,36H,1,13,15,18-20H2,2-6H3/b10-9+,12-8-,14-11-,17-16-/t21-,22-,23-,24-,25-,26+,27+,28+,30-,31?/m0/s1. The van der Waals surface area contributed by atoms with Crippen molar-refractivity contribution in [2.75, 3.05) is 0 Å². The molecule has 0 aromatic carbocycles. The first kappa shape index (κ1) is 33.0. The molecule has 210 valence electrons. The zero-order valence-electron chi connectivity index (χ0n) is 23.3.